The van der Waals surface area contributed by atoms with Crippen LogP contribution in [0.25, 0.3) is 11.3 Å². The fourth-order valence-corrected chi connectivity index (χ4v) is 5.83. The molecule has 0 bridgehead atoms. The molecule has 0 atom stereocenters. The quantitative estimate of drug-likeness (QED) is 0.274. The highest BCUT2D eigenvalue weighted by atomic mass is 32.2. The van der Waals surface area contributed by atoms with Gasteiger partial charge in [-0.2, -0.15) is 0 Å². The number of nitrogens with one attached hydrogen (secondary N) is 1. The van der Waals surface area contributed by atoms with E-state index in [1.807, 2.05) is 11.5 Å². The third-order valence-corrected chi connectivity index (χ3v) is 9.29. The van der Waals surface area contributed by atoms with Crippen LogP contribution in [0.3, 0.4) is 0 Å². The van der Waals surface area contributed by atoms with Gasteiger partial charge in [-0.05, 0) is 55.3 Å². The van der Waals surface area contributed by atoms with Crippen LogP contribution in [0.2, 0.25) is 25.7 Å². The highest BCUT2D eigenvalue weighted by molar-refractivity contribution is 7.90. The van der Waals surface area contributed by atoms with Crippen molar-refractivity contribution in [3.63, 3.8) is 0 Å². The van der Waals surface area contributed by atoms with Crippen molar-refractivity contribution in [3.8, 4) is 22.8 Å². The minimum absolute atomic E-state index is 0.0403. The largest absolute Gasteiger partial charge is 0.454 e. The van der Waals surface area contributed by atoms with Crippen LogP contribution >= 0.6 is 0 Å². The number of amides is 1. The van der Waals surface area contributed by atoms with E-state index in [0.717, 1.165) is 23.9 Å². The number of rotatable bonds is 9. The second-order valence-electron chi connectivity index (χ2n) is 10.7. The minimum atomic E-state index is -3.61. The number of carbonyl (C=O) groups excluding carboxylic acids is 1. The SMILES string of the molecule is Cc1c2c(c(-c3cc(S(C)(=O)=O)ccc3Oc3ccc(F)cc3F)n1COCC[Si](C)(C)C)CCNC2=O. The van der Waals surface area contributed by atoms with Crippen molar-refractivity contribution >= 4 is 23.8 Å². The molecule has 7 nitrogen and oxygen atoms in total. The molecule has 2 heterocycles. The van der Waals surface area contributed by atoms with E-state index in [2.05, 4.69) is 25.0 Å². The maximum Gasteiger partial charge on any atom is 0.253 e. The smallest absolute Gasteiger partial charge is 0.253 e. The van der Waals surface area contributed by atoms with Gasteiger partial charge in [-0.3, -0.25) is 4.79 Å². The van der Waals surface area contributed by atoms with Crippen molar-refractivity contribution in [1.29, 1.82) is 0 Å². The summed E-state index contributed by atoms with van der Waals surface area (Å²) in [7, 11) is -4.95. The van der Waals surface area contributed by atoms with Gasteiger partial charge in [0.05, 0.1) is 16.2 Å². The van der Waals surface area contributed by atoms with Gasteiger partial charge in [-0.1, -0.05) is 19.6 Å². The first-order valence-electron chi connectivity index (χ1n) is 12.3. The number of halogens is 2. The van der Waals surface area contributed by atoms with E-state index in [0.29, 0.717) is 48.2 Å². The van der Waals surface area contributed by atoms with Crippen LogP contribution in [0.1, 0.15) is 21.6 Å². The standard InChI is InChI=1S/C27H32F2N2O5SSi/c1-17-25-20(10-11-30-27(25)32)26(31(17)16-35-12-13-38(3,4)5)21-15-19(37(2,33)34)7-9-23(21)36-24-8-6-18(28)14-22(24)29/h6-9,14-15H,10-13,16H2,1-5H3,(H,30,32). The summed E-state index contributed by atoms with van der Waals surface area (Å²) in [4.78, 5) is 12.9. The van der Waals surface area contributed by atoms with Gasteiger partial charge in [0.25, 0.3) is 5.91 Å². The average molecular weight is 563 g/mol. The summed E-state index contributed by atoms with van der Waals surface area (Å²) in [6.07, 6.45) is 1.60. The van der Waals surface area contributed by atoms with Crippen molar-refractivity contribution in [2.45, 2.75) is 50.7 Å². The molecule has 204 valence electrons. The minimum Gasteiger partial charge on any atom is -0.454 e. The molecule has 11 heteroatoms. The number of nitrogens with zero attached hydrogens (tertiary/aromatic N) is 1. The Morgan fingerprint density at radius 2 is 1.79 bits per heavy atom. The molecule has 0 unspecified atom stereocenters. The van der Waals surface area contributed by atoms with Crippen LogP contribution in [0.5, 0.6) is 11.5 Å². The number of carbonyl (C=O) groups is 1. The fourth-order valence-electron chi connectivity index (χ4n) is 4.43. The summed E-state index contributed by atoms with van der Waals surface area (Å²) >= 11 is 0. The molecule has 1 amide bonds. The third kappa shape index (κ3) is 6.00. The van der Waals surface area contributed by atoms with E-state index in [4.69, 9.17) is 9.47 Å². The van der Waals surface area contributed by atoms with E-state index in [-0.39, 0.29) is 29.0 Å². The van der Waals surface area contributed by atoms with Gasteiger partial charge in [-0.15, -0.1) is 0 Å². The zero-order valence-corrected chi connectivity index (χ0v) is 24.0. The summed E-state index contributed by atoms with van der Waals surface area (Å²) in [5.74, 6) is -1.92. The van der Waals surface area contributed by atoms with Gasteiger partial charge in [0.1, 0.15) is 18.3 Å². The second kappa shape index (κ2) is 10.6. The molecule has 0 fully saturated rings. The molecular weight excluding hydrogens is 530 g/mol. The number of benzene rings is 2. The lowest BCUT2D eigenvalue weighted by atomic mass is 9.97. The van der Waals surface area contributed by atoms with Crippen LogP contribution in [0, 0.1) is 18.6 Å². The van der Waals surface area contributed by atoms with Gasteiger partial charge in [0.2, 0.25) is 0 Å². The number of ether oxygens (including phenoxy) is 2. The van der Waals surface area contributed by atoms with Gasteiger partial charge in [0.15, 0.2) is 21.4 Å². The lowest BCUT2D eigenvalue weighted by molar-refractivity contribution is 0.0867. The topological polar surface area (TPSA) is 86.6 Å². The fraction of sp³-hybridized carbons (Fsp3) is 0.370. The van der Waals surface area contributed by atoms with Crippen molar-refractivity contribution < 1.29 is 31.5 Å². The van der Waals surface area contributed by atoms with Crippen LogP contribution < -0.4 is 10.1 Å². The Hall–Kier alpha value is -3.02. The first-order valence-corrected chi connectivity index (χ1v) is 17.9. The van der Waals surface area contributed by atoms with E-state index in [1.165, 1.54) is 24.3 Å². The molecular formula is C27H32F2N2O5SSi. The highest BCUT2D eigenvalue weighted by Gasteiger charge is 2.31. The van der Waals surface area contributed by atoms with Gasteiger partial charge in [0, 0.05) is 44.8 Å². The predicted octanol–water partition coefficient (Wildman–Crippen LogP) is 5.54. The van der Waals surface area contributed by atoms with E-state index in [9.17, 15) is 22.0 Å². The Morgan fingerprint density at radius 3 is 2.45 bits per heavy atom. The number of sulfone groups is 1. The Kier molecular flexibility index (Phi) is 7.83. The molecule has 3 aromatic rings. The van der Waals surface area contributed by atoms with Crippen molar-refractivity contribution in [1.82, 2.24) is 9.88 Å². The van der Waals surface area contributed by atoms with Crippen LogP contribution in [0.4, 0.5) is 8.78 Å². The first-order chi connectivity index (χ1) is 17.8. The lowest BCUT2D eigenvalue weighted by Gasteiger charge is -2.20. The number of hydrogen-bond acceptors (Lipinski definition) is 5. The zero-order valence-electron chi connectivity index (χ0n) is 22.2. The lowest BCUT2D eigenvalue weighted by Crippen LogP contribution is -2.31. The number of fused-ring (bicyclic) bond motifs is 1. The van der Waals surface area contributed by atoms with Gasteiger partial charge in [-0.25, -0.2) is 17.2 Å². The second-order valence-corrected chi connectivity index (χ2v) is 18.3. The molecule has 0 saturated heterocycles. The highest BCUT2D eigenvalue weighted by Crippen LogP contribution is 2.41. The van der Waals surface area contributed by atoms with Crippen LogP contribution in [0.15, 0.2) is 41.3 Å². The molecule has 38 heavy (non-hydrogen) atoms. The molecule has 1 aromatic heterocycles. The summed E-state index contributed by atoms with van der Waals surface area (Å²) in [6.45, 7) is 9.65. The van der Waals surface area contributed by atoms with Gasteiger partial charge < -0.3 is 19.4 Å². The summed E-state index contributed by atoms with van der Waals surface area (Å²) in [5.41, 5.74) is 2.84. The summed E-state index contributed by atoms with van der Waals surface area (Å²) in [5, 5.41) is 2.86. The van der Waals surface area contributed by atoms with Crippen LogP contribution in [-0.2, 0) is 27.7 Å². The number of aromatic nitrogens is 1. The summed E-state index contributed by atoms with van der Waals surface area (Å²) in [6, 6.07) is 8.20. The maximum atomic E-state index is 14.5. The molecule has 1 N–H and O–H groups in total. The Morgan fingerprint density at radius 1 is 1.08 bits per heavy atom. The van der Waals surface area contributed by atoms with Crippen LogP contribution in [-0.4, -0.2) is 46.4 Å². The van der Waals surface area contributed by atoms with E-state index < -0.39 is 29.5 Å². The Labute approximate surface area is 222 Å². The molecule has 0 radical (unpaired) electrons. The molecule has 4 rings (SSSR count). The number of hydrogen-bond donors (Lipinski definition) is 1. The molecule has 2 aromatic carbocycles. The normalized spacial score (nSPS) is 13.8. The maximum absolute atomic E-state index is 14.5. The molecule has 0 aliphatic carbocycles. The van der Waals surface area contributed by atoms with Gasteiger partial charge >= 0.3 is 0 Å². The summed E-state index contributed by atoms with van der Waals surface area (Å²) < 4.78 is 66.7. The van der Waals surface area contributed by atoms with Crippen molar-refractivity contribution in [3.05, 3.63) is 64.9 Å². The van der Waals surface area contributed by atoms with E-state index in [1.54, 1.807) is 0 Å². The molecule has 0 spiro atoms. The monoisotopic (exact) mass is 562 g/mol. The zero-order chi connectivity index (χ0) is 27.8. The molecule has 1 aliphatic rings. The average Bonchev–Trinajstić information content (AvgIpc) is 3.10. The van der Waals surface area contributed by atoms with Crippen molar-refractivity contribution in [2.24, 2.45) is 0 Å². The Balaban J connectivity index is 1.89. The molecule has 0 saturated carbocycles. The third-order valence-electron chi connectivity index (χ3n) is 6.48. The molecule has 1 aliphatic heterocycles. The Bertz CT molecular complexity index is 1500. The van der Waals surface area contributed by atoms with Crippen molar-refractivity contribution in [2.75, 3.05) is 19.4 Å². The van der Waals surface area contributed by atoms with E-state index >= 15 is 0 Å². The predicted molar refractivity (Wildman–Crippen MR) is 144 cm³/mol. The first kappa shape index (κ1) is 28.0.